The molecule has 4 atom stereocenters. The fourth-order valence-corrected chi connectivity index (χ4v) is 3.28. The van der Waals surface area contributed by atoms with Gasteiger partial charge in [-0.25, -0.2) is 0 Å². The van der Waals surface area contributed by atoms with Gasteiger partial charge in [0.2, 0.25) is 0 Å². The Morgan fingerprint density at radius 3 is 2.05 bits per heavy atom. The average molecular weight is 286 g/mol. The van der Waals surface area contributed by atoms with Crippen molar-refractivity contribution in [3.63, 3.8) is 0 Å². The third kappa shape index (κ3) is 5.01. The minimum absolute atomic E-state index is 0.156. The third-order valence-electron chi connectivity index (χ3n) is 4.02. The molecule has 0 bridgehead atoms. The van der Waals surface area contributed by atoms with Gasteiger partial charge in [0, 0.05) is 13.0 Å². The summed E-state index contributed by atoms with van der Waals surface area (Å²) in [5, 5.41) is 0. The maximum atomic E-state index is 6.25. The second kappa shape index (κ2) is 6.76. The highest BCUT2D eigenvalue weighted by Gasteiger charge is 2.49. The van der Waals surface area contributed by atoms with E-state index in [1.54, 1.807) is 7.11 Å². The number of hydrogen-bond donors (Lipinski definition) is 0. The summed E-state index contributed by atoms with van der Waals surface area (Å²) in [6, 6.07) is 0. The summed E-state index contributed by atoms with van der Waals surface area (Å²) in [6.45, 7) is 17.1. The molecule has 1 heterocycles. The Kier molecular flexibility index (Phi) is 6.06. The van der Waals surface area contributed by atoms with Gasteiger partial charge in [-0.15, -0.1) is 0 Å². The van der Waals surface area contributed by atoms with E-state index in [1.165, 1.54) is 0 Å². The van der Waals surface area contributed by atoms with Crippen LogP contribution in [0.4, 0.5) is 0 Å². The van der Waals surface area contributed by atoms with Gasteiger partial charge in [0.25, 0.3) is 0 Å². The van der Waals surface area contributed by atoms with Gasteiger partial charge in [0.05, 0.1) is 31.5 Å². The molecule has 1 aliphatic rings. The number of ether oxygens (including phenoxy) is 3. The maximum absolute atomic E-state index is 6.25. The Balaban J connectivity index is 2.82. The van der Waals surface area contributed by atoms with Crippen LogP contribution in [0.5, 0.6) is 0 Å². The van der Waals surface area contributed by atoms with Gasteiger partial charge in [0.1, 0.15) is 0 Å². The summed E-state index contributed by atoms with van der Waals surface area (Å²) in [6.07, 6.45) is 1.67. The van der Waals surface area contributed by atoms with Gasteiger partial charge in [-0.3, -0.25) is 0 Å². The van der Waals surface area contributed by atoms with Crippen molar-refractivity contribution in [3.05, 3.63) is 0 Å². The van der Waals surface area contributed by atoms with Crippen LogP contribution in [-0.4, -0.2) is 38.6 Å². The molecule has 0 aromatic rings. The number of hydrogen-bond acceptors (Lipinski definition) is 3. The van der Waals surface area contributed by atoms with Crippen LogP contribution in [0.2, 0.25) is 0 Å². The normalized spacial score (nSPS) is 31.8. The average Bonchev–Trinajstić information content (AvgIpc) is 2.52. The van der Waals surface area contributed by atoms with Gasteiger partial charge >= 0.3 is 0 Å². The lowest BCUT2D eigenvalue weighted by molar-refractivity contribution is -0.0422. The van der Waals surface area contributed by atoms with E-state index in [4.69, 9.17) is 14.2 Å². The van der Waals surface area contributed by atoms with E-state index in [2.05, 4.69) is 48.5 Å². The molecular weight excluding hydrogens is 252 g/mol. The molecular formula is C17H34O3. The quantitative estimate of drug-likeness (QED) is 0.717. The number of rotatable bonds is 5. The van der Waals surface area contributed by atoms with Crippen molar-refractivity contribution in [3.8, 4) is 0 Å². The Morgan fingerprint density at radius 2 is 1.60 bits per heavy atom. The van der Waals surface area contributed by atoms with E-state index in [0.717, 1.165) is 6.42 Å². The molecule has 0 radical (unpaired) electrons. The molecule has 0 aliphatic carbocycles. The zero-order chi connectivity index (χ0) is 15.6. The number of methoxy groups -OCH3 is 1. The maximum Gasteiger partial charge on any atom is 0.0893 e. The first-order valence-corrected chi connectivity index (χ1v) is 7.82. The standard InChI is InChI=1S/C17H34O3/c1-12-15(19-10-9-18-8)14(17(5,6)7)13(20-12)11-16(2,3)4/h12-15H,9-11H2,1-8H3/t12-,13+,14-,15?/m0/s1. The summed E-state index contributed by atoms with van der Waals surface area (Å²) >= 11 is 0. The second-order valence-electron chi connectivity index (χ2n) is 8.36. The zero-order valence-electron chi connectivity index (χ0n) is 14.7. The van der Waals surface area contributed by atoms with Crippen LogP contribution in [0.3, 0.4) is 0 Å². The SMILES string of the molecule is COCCOC1[C@H](C)O[C@H](CC(C)(C)C)[C@@H]1C(C)(C)C. The fraction of sp³-hybridized carbons (Fsp3) is 1.00. The van der Waals surface area contributed by atoms with Crippen molar-refractivity contribution >= 4 is 0 Å². The monoisotopic (exact) mass is 286 g/mol. The van der Waals surface area contributed by atoms with Crippen molar-refractivity contribution in [2.24, 2.45) is 16.7 Å². The first-order valence-electron chi connectivity index (χ1n) is 7.82. The van der Waals surface area contributed by atoms with Crippen LogP contribution >= 0.6 is 0 Å². The minimum atomic E-state index is 0.156. The largest absolute Gasteiger partial charge is 0.382 e. The summed E-state index contributed by atoms with van der Waals surface area (Å²) in [5.74, 6) is 0.425. The molecule has 1 unspecified atom stereocenters. The molecule has 1 aliphatic heterocycles. The predicted octanol–water partition coefficient (Wildman–Crippen LogP) is 3.90. The summed E-state index contributed by atoms with van der Waals surface area (Å²) in [7, 11) is 1.71. The van der Waals surface area contributed by atoms with E-state index in [0.29, 0.717) is 19.1 Å². The molecule has 0 spiro atoms. The summed E-state index contributed by atoms with van der Waals surface area (Å²) in [4.78, 5) is 0. The topological polar surface area (TPSA) is 27.7 Å². The minimum Gasteiger partial charge on any atom is -0.382 e. The molecule has 1 rings (SSSR count). The molecule has 1 saturated heterocycles. The van der Waals surface area contributed by atoms with E-state index in [1.807, 2.05) is 0 Å². The third-order valence-corrected chi connectivity index (χ3v) is 4.02. The lowest BCUT2D eigenvalue weighted by Crippen LogP contribution is -2.40. The zero-order valence-corrected chi connectivity index (χ0v) is 14.7. The molecule has 3 heteroatoms. The first kappa shape index (κ1) is 17.9. The van der Waals surface area contributed by atoms with E-state index in [9.17, 15) is 0 Å². The Labute approximate surface area is 125 Å². The van der Waals surface area contributed by atoms with Gasteiger partial charge in [-0.05, 0) is 24.2 Å². The predicted molar refractivity (Wildman–Crippen MR) is 83.0 cm³/mol. The van der Waals surface area contributed by atoms with E-state index < -0.39 is 0 Å². The van der Waals surface area contributed by atoms with Crippen LogP contribution in [0.15, 0.2) is 0 Å². The van der Waals surface area contributed by atoms with Crippen LogP contribution in [0.25, 0.3) is 0 Å². The van der Waals surface area contributed by atoms with Crippen molar-refractivity contribution in [1.29, 1.82) is 0 Å². The molecule has 0 aromatic heterocycles. The molecule has 0 amide bonds. The molecule has 20 heavy (non-hydrogen) atoms. The van der Waals surface area contributed by atoms with Crippen LogP contribution in [0, 0.1) is 16.7 Å². The van der Waals surface area contributed by atoms with Crippen molar-refractivity contribution in [1.82, 2.24) is 0 Å². The molecule has 0 N–H and O–H groups in total. The van der Waals surface area contributed by atoms with Crippen molar-refractivity contribution in [2.75, 3.05) is 20.3 Å². The van der Waals surface area contributed by atoms with Gasteiger partial charge in [0.15, 0.2) is 0 Å². The molecule has 0 saturated carbocycles. The Hall–Kier alpha value is -0.120. The van der Waals surface area contributed by atoms with Crippen LogP contribution < -0.4 is 0 Å². The summed E-state index contributed by atoms with van der Waals surface area (Å²) in [5.41, 5.74) is 0.452. The van der Waals surface area contributed by atoms with E-state index in [-0.39, 0.29) is 29.1 Å². The molecule has 120 valence electrons. The second-order valence-corrected chi connectivity index (χ2v) is 8.36. The Bertz CT molecular complexity index is 288. The highest BCUT2D eigenvalue weighted by molar-refractivity contribution is 4.97. The highest BCUT2D eigenvalue weighted by Crippen LogP contribution is 2.45. The molecule has 3 nitrogen and oxygen atoms in total. The van der Waals surface area contributed by atoms with Crippen molar-refractivity contribution < 1.29 is 14.2 Å². The van der Waals surface area contributed by atoms with E-state index >= 15 is 0 Å². The first-order chi connectivity index (χ1) is 9.06. The lowest BCUT2D eigenvalue weighted by Gasteiger charge is -2.37. The summed E-state index contributed by atoms with van der Waals surface area (Å²) < 4.78 is 17.4. The highest BCUT2D eigenvalue weighted by atomic mass is 16.6. The lowest BCUT2D eigenvalue weighted by atomic mass is 9.71. The molecule has 0 aromatic carbocycles. The fourth-order valence-electron chi connectivity index (χ4n) is 3.28. The van der Waals surface area contributed by atoms with Gasteiger partial charge in [-0.2, -0.15) is 0 Å². The van der Waals surface area contributed by atoms with Gasteiger partial charge < -0.3 is 14.2 Å². The van der Waals surface area contributed by atoms with Crippen molar-refractivity contribution in [2.45, 2.75) is 73.2 Å². The van der Waals surface area contributed by atoms with Crippen LogP contribution in [-0.2, 0) is 14.2 Å². The van der Waals surface area contributed by atoms with Crippen LogP contribution in [0.1, 0.15) is 54.9 Å². The Morgan fingerprint density at radius 1 is 1.00 bits per heavy atom. The molecule has 1 fully saturated rings. The van der Waals surface area contributed by atoms with Gasteiger partial charge in [-0.1, -0.05) is 41.5 Å². The smallest absolute Gasteiger partial charge is 0.0893 e.